The van der Waals surface area contributed by atoms with Crippen LogP contribution < -0.4 is 0 Å². The zero-order valence-corrected chi connectivity index (χ0v) is 30.4. The highest BCUT2D eigenvalue weighted by Crippen LogP contribution is 2.68. The zero-order chi connectivity index (χ0) is 36.7. The molecule has 4 atom stereocenters. The number of hydrogen-bond acceptors (Lipinski definition) is 2. The molecule has 8 bridgehead atoms. The van der Waals surface area contributed by atoms with Gasteiger partial charge >= 0.3 is 0 Å². The summed E-state index contributed by atoms with van der Waals surface area (Å²) in [5.41, 5.74) is 3.64. The molecule has 10 aliphatic carbocycles. The van der Waals surface area contributed by atoms with Crippen molar-refractivity contribution in [1.29, 1.82) is 10.5 Å². The molecule has 4 unspecified atom stereocenters. The fourth-order valence-corrected chi connectivity index (χ4v) is 15.6. The van der Waals surface area contributed by atoms with Crippen molar-refractivity contribution in [3.63, 3.8) is 0 Å². The Morgan fingerprint density at radius 1 is 0.527 bits per heavy atom. The lowest BCUT2D eigenvalue weighted by atomic mass is 9.65. The summed E-state index contributed by atoms with van der Waals surface area (Å²) < 4.78 is 74.4. The lowest BCUT2D eigenvalue weighted by Gasteiger charge is -2.43. The average molecular weight is 732 g/mol. The van der Waals surface area contributed by atoms with Crippen molar-refractivity contribution in [3.8, 4) is 23.3 Å². The van der Waals surface area contributed by atoms with Crippen molar-refractivity contribution in [2.75, 3.05) is 0 Å². The second-order valence-electron chi connectivity index (χ2n) is 19.5. The molecule has 2 heterocycles. The van der Waals surface area contributed by atoms with Crippen LogP contribution in [0, 0.1) is 46.3 Å². The van der Waals surface area contributed by atoms with Gasteiger partial charge in [0.25, 0.3) is 0 Å². The highest BCUT2D eigenvalue weighted by Gasteiger charge is 2.61. The van der Waals surface area contributed by atoms with Gasteiger partial charge in [-0.1, -0.05) is 18.2 Å². The van der Waals surface area contributed by atoms with Crippen molar-refractivity contribution in [2.45, 2.75) is 113 Å². The fourth-order valence-electron chi connectivity index (χ4n) is 15.6. The molecule has 4 aromatic carbocycles. The van der Waals surface area contributed by atoms with Crippen LogP contribution in [0.4, 0.5) is 17.6 Å². The molecule has 0 aliphatic heterocycles. The quantitative estimate of drug-likeness (QED) is 0.146. The minimum Gasteiger partial charge on any atom is -0.308 e. The summed E-state index contributed by atoms with van der Waals surface area (Å²) in [5.74, 6) is -0.379. The van der Waals surface area contributed by atoms with Crippen molar-refractivity contribution < 1.29 is 17.6 Å². The Balaban J connectivity index is 1.28. The number of nitriles is 2. The summed E-state index contributed by atoms with van der Waals surface area (Å²) in [6, 6.07) is 14.8. The van der Waals surface area contributed by atoms with Gasteiger partial charge in [-0.3, -0.25) is 0 Å². The summed E-state index contributed by atoms with van der Waals surface area (Å²) in [6.07, 6.45) is 6.61. The van der Waals surface area contributed by atoms with Gasteiger partial charge in [0.2, 0.25) is 0 Å². The number of rotatable bonds is 0. The second-order valence-corrected chi connectivity index (χ2v) is 19.5. The van der Waals surface area contributed by atoms with E-state index in [4.69, 9.17) is 0 Å². The lowest BCUT2D eigenvalue weighted by Crippen LogP contribution is -2.38. The van der Waals surface area contributed by atoms with Crippen LogP contribution in [-0.4, -0.2) is 4.40 Å². The summed E-state index contributed by atoms with van der Waals surface area (Å²) >= 11 is 0. The van der Waals surface area contributed by atoms with Crippen LogP contribution in [0.25, 0.3) is 49.2 Å². The number of fused-ring (bicyclic) bond motifs is 8. The Hall–Kier alpha value is -4.62. The van der Waals surface area contributed by atoms with Crippen LogP contribution in [0.2, 0.25) is 0 Å². The number of aromatic nitrogens is 1. The van der Waals surface area contributed by atoms with Crippen LogP contribution in [-0.2, 0) is 48.4 Å². The molecule has 4 fully saturated rings. The lowest BCUT2D eigenvalue weighted by molar-refractivity contribution is -0.0306. The third-order valence-electron chi connectivity index (χ3n) is 16.5. The van der Waals surface area contributed by atoms with Gasteiger partial charge in [-0.05, 0) is 159 Å². The van der Waals surface area contributed by atoms with E-state index in [9.17, 15) is 10.5 Å². The van der Waals surface area contributed by atoms with Gasteiger partial charge in [-0.2, -0.15) is 10.5 Å². The van der Waals surface area contributed by atoms with E-state index in [0.717, 1.165) is 71.5 Å². The molecule has 0 spiro atoms. The Morgan fingerprint density at radius 2 is 0.927 bits per heavy atom. The van der Waals surface area contributed by atoms with Crippen molar-refractivity contribution in [2.24, 2.45) is 23.7 Å². The van der Waals surface area contributed by atoms with E-state index in [0.29, 0.717) is 32.9 Å². The first kappa shape index (κ1) is 30.6. The molecule has 3 nitrogen and oxygen atoms in total. The van der Waals surface area contributed by atoms with Gasteiger partial charge in [0, 0.05) is 43.8 Å². The van der Waals surface area contributed by atoms with E-state index in [1.165, 1.54) is 16.7 Å². The molecule has 0 radical (unpaired) electrons. The standard InChI is InChI=1S/C48H37F4N3/c49-45-12-22-8-23(13-45)17-47(51,16-22)42-38-32(10-28(20-53)40(42)45)55-33-11-29(21-54)41-43(48(52)18-24-9-25(19-48)15-46(41,50)14-24)39(33)37-31-7-5-27-3-1-2-26-4-6-30(35(31)34(26)27)36(38)44(37)55/h1-3,10-11,22-25H,4-9,12-19H2. The minimum atomic E-state index is -1.80. The van der Waals surface area contributed by atoms with Crippen LogP contribution in [0.15, 0.2) is 30.3 Å². The molecule has 4 saturated carbocycles. The first-order valence-corrected chi connectivity index (χ1v) is 20.7. The number of halogens is 4. The van der Waals surface area contributed by atoms with E-state index in [1.54, 1.807) is 12.1 Å². The summed E-state index contributed by atoms with van der Waals surface area (Å²) in [7, 11) is 0. The minimum absolute atomic E-state index is 0.0948. The van der Waals surface area contributed by atoms with Crippen molar-refractivity contribution >= 4 is 38.1 Å². The van der Waals surface area contributed by atoms with Gasteiger partial charge in [-0.15, -0.1) is 0 Å². The normalized spacial score (nSPS) is 35.6. The van der Waals surface area contributed by atoms with Gasteiger partial charge < -0.3 is 4.40 Å². The van der Waals surface area contributed by atoms with E-state index in [-0.39, 0.29) is 97.3 Å². The summed E-state index contributed by atoms with van der Waals surface area (Å²) in [4.78, 5) is 0. The largest absolute Gasteiger partial charge is 0.308 e. The molecule has 0 saturated heterocycles. The first-order valence-electron chi connectivity index (χ1n) is 20.7. The highest BCUT2D eigenvalue weighted by atomic mass is 19.2. The van der Waals surface area contributed by atoms with Crippen molar-refractivity contribution in [1.82, 2.24) is 4.40 Å². The molecule has 272 valence electrons. The molecule has 2 aromatic heterocycles. The zero-order valence-electron chi connectivity index (χ0n) is 30.4. The number of benzene rings is 4. The molecular weight excluding hydrogens is 695 g/mol. The van der Waals surface area contributed by atoms with Crippen LogP contribution in [0.1, 0.15) is 120 Å². The molecule has 10 aliphatic rings. The van der Waals surface area contributed by atoms with Crippen LogP contribution >= 0.6 is 0 Å². The number of alkyl halides is 4. The average Bonchev–Trinajstić information content (AvgIpc) is 3.58. The summed E-state index contributed by atoms with van der Waals surface area (Å²) in [6.45, 7) is 0. The third-order valence-corrected chi connectivity index (χ3v) is 16.5. The second kappa shape index (κ2) is 9.15. The molecule has 55 heavy (non-hydrogen) atoms. The molecule has 0 N–H and O–H groups in total. The van der Waals surface area contributed by atoms with Gasteiger partial charge in [0.05, 0.1) is 39.8 Å². The Kier molecular flexibility index (Phi) is 5.09. The summed E-state index contributed by atoms with van der Waals surface area (Å²) in [5, 5.41) is 24.9. The SMILES string of the molecule is N#Cc1cc2c(c3c1C1(F)CC4CC(C1)CC3(F)C4)c1c3c4c(c5c6c7c(c(C#N)cc6n2c15)C1(F)CC2CC(C1)CC7(F)C2)CCc1cccc(c1-4)CC3. The predicted octanol–water partition coefficient (Wildman–Crippen LogP) is 11.6. The number of hydrogen-bond donors (Lipinski definition) is 0. The van der Waals surface area contributed by atoms with E-state index < -0.39 is 22.7 Å². The maximum atomic E-state index is 18.4. The Morgan fingerprint density at radius 3 is 1.33 bits per heavy atom. The maximum Gasteiger partial charge on any atom is 0.138 e. The molecule has 6 aromatic rings. The fraction of sp³-hybridized carbons (Fsp3) is 0.458. The topological polar surface area (TPSA) is 52.0 Å². The smallest absolute Gasteiger partial charge is 0.138 e. The van der Waals surface area contributed by atoms with Gasteiger partial charge in [0.15, 0.2) is 0 Å². The maximum absolute atomic E-state index is 18.4. The predicted molar refractivity (Wildman–Crippen MR) is 202 cm³/mol. The third kappa shape index (κ3) is 3.30. The van der Waals surface area contributed by atoms with Gasteiger partial charge in [-0.25, -0.2) is 17.6 Å². The molecule has 16 rings (SSSR count). The molecule has 7 heteroatoms. The molecule has 0 amide bonds. The number of nitrogens with zero attached hydrogens (tertiary/aromatic N) is 3. The number of aryl methyl sites for hydroxylation is 4. The van der Waals surface area contributed by atoms with E-state index in [1.807, 2.05) is 0 Å². The van der Waals surface area contributed by atoms with Crippen molar-refractivity contribution in [3.05, 3.63) is 86.0 Å². The highest BCUT2D eigenvalue weighted by molar-refractivity contribution is 6.29. The van der Waals surface area contributed by atoms with Crippen LogP contribution in [0.3, 0.4) is 0 Å². The Bertz CT molecular complexity index is 2760. The first-order chi connectivity index (χ1) is 26.5. The Labute approximate surface area is 315 Å². The molecular formula is C48H37F4N3. The monoisotopic (exact) mass is 731 g/mol. The van der Waals surface area contributed by atoms with Gasteiger partial charge in [0.1, 0.15) is 22.7 Å². The van der Waals surface area contributed by atoms with Crippen LogP contribution in [0.5, 0.6) is 0 Å². The van der Waals surface area contributed by atoms with E-state index >= 15 is 17.6 Å². The van der Waals surface area contributed by atoms with E-state index in [2.05, 4.69) is 34.7 Å².